The molecule has 94 valence electrons. The number of anilines is 1. The maximum absolute atomic E-state index is 13.9. The predicted molar refractivity (Wildman–Crippen MR) is 67.5 cm³/mol. The number of nitrogens with one attached hydrogen (secondary N) is 3. The average Bonchev–Trinajstić information content (AvgIpc) is 2.76. The van der Waals surface area contributed by atoms with Gasteiger partial charge in [0.15, 0.2) is 0 Å². The number of aromatic nitrogens is 2. The minimum atomic E-state index is -0.304. The number of hydrogen-bond donors (Lipinski definition) is 3. The predicted octanol–water partition coefficient (Wildman–Crippen LogP) is 1.05. The fourth-order valence-electron chi connectivity index (χ4n) is 2.14. The van der Waals surface area contributed by atoms with Crippen LogP contribution in [-0.4, -0.2) is 28.6 Å². The maximum atomic E-state index is 13.9. The third-order valence-corrected chi connectivity index (χ3v) is 3.19. The van der Waals surface area contributed by atoms with E-state index in [0.29, 0.717) is 16.7 Å². The van der Waals surface area contributed by atoms with Crippen LogP contribution in [0.2, 0.25) is 0 Å². The summed E-state index contributed by atoms with van der Waals surface area (Å²) >= 11 is 0. The zero-order valence-corrected chi connectivity index (χ0v) is 9.94. The van der Waals surface area contributed by atoms with Gasteiger partial charge < -0.3 is 5.32 Å². The van der Waals surface area contributed by atoms with E-state index in [1.165, 1.54) is 12.4 Å². The quantitative estimate of drug-likeness (QED) is 0.740. The van der Waals surface area contributed by atoms with Gasteiger partial charge in [0.05, 0.1) is 16.9 Å². The second-order valence-corrected chi connectivity index (χ2v) is 4.42. The van der Waals surface area contributed by atoms with Gasteiger partial charge in [0.25, 0.3) is 0 Å². The molecule has 2 heterocycles. The summed E-state index contributed by atoms with van der Waals surface area (Å²) in [6.45, 7) is 2.82. The molecule has 1 aliphatic rings. The summed E-state index contributed by atoms with van der Waals surface area (Å²) in [4.78, 5) is 8.22. The van der Waals surface area contributed by atoms with Crippen LogP contribution in [0.4, 0.5) is 10.2 Å². The number of benzene rings is 1. The summed E-state index contributed by atoms with van der Waals surface area (Å²) in [6.07, 6.45) is 1.45. The molecule has 3 rings (SSSR count). The standard InChI is InChI=1S/C12H14FN5/c1-7-10(5-16-18-7)17-12-11-8(13)3-2-4-9(11)14-6-15-12/h2-4,6-7,10,16,18H,5H2,1H3,(H,14,15,17). The lowest BCUT2D eigenvalue weighted by atomic mass is 10.1. The molecule has 0 bridgehead atoms. The summed E-state index contributed by atoms with van der Waals surface area (Å²) in [7, 11) is 0. The lowest BCUT2D eigenvalue weighted by Gasteiger charge is -2.17. The number of fused-ring (bicyclic) bond motifs is 1. The summed E-state index contributed by atoms with van der Waals surface area (Å²) < 4.78 is 13.9. The Labute approximate surface area is 104 Å². The van der Waals surface area contributed by atoms with Gasteiger partial charge in [0, 0.05) is 12.6 Å². The lowest BCUT2D eigenvalue weighted by molar-refractivity contribution is 0.578. The number of hydrogen-bond acceptors (Lipinski definition) is 5. The van der Waals surface area contributed by atoms with Gasteiger partial charge in [-0.1, -0.05) is 6.07 Å². The highest BCUT2D eigenvalue weighted by atomic mass is 19.1. The molecule has 0 amide bonds. The van der Waals surface area contributed by atoms with E-state index >= 15 is 0 Å². The van der Waals surface area contributed by atoms with Crippen molar-refractivity contribution in [1.82, 2.24) is 20.8 Å². The van der Waals surface area contributed by atoms with Crippen LogP contribution in [0.1, 0.15) is 6.92 Å². The molecule has 6 heteroatoms. The molecule has 18 heavy (non-hydrogen) atoms. The molecule has 0 spiro atoms. The van der Waals surface area contributed by atoms with Gasteiger partial charge >= 0.3 is 0 Å². The first-order valence-electron chi connectivity index (χ1n) is 5.90. The highest BCUT2D eigenvalue weighted by molar-refractivity contribution is 5.89. The van der Waals surface area contributed by atoms with Crippen molar-refractivity contribution in [3.63, 3.8) is 0 Å². The first kappa shape index (κ1) is 11.3. The molecular formula is C12H14FN5. The highest BCUT2D eigenvalue weighted by Crippen LogP contribution is 2.23. The third-order valence-electron chi connectivity index (χ3n) is 3.19. The van der Waals surface area contributed by atoms with Crippen molar-refractivity contribution in [1.29, 1.82) is 0 Å². The molecule has 1 fully saturated rings. The van der Waals surface area contributed by atoms with E-state index in [9.17, 15) is 4.39 Å². The monoisotopic (exact) mass is 247 g/mol. The first-order chi connectivity index (χ1) is 8.75. The molecule has 1 aromatic carbocycles. The molecule has 1 aromatic heterocycles. The zero-order valence-electron chi connectivity index (χ0n) is 9.94. The topological polar surface area (TPSA) is 61.9 Å². The van der Waals surface area contributed by atoms with Gasteiger partial charge in [-0.25, -0.2) is 14.4 Å². The molecule has 0 radical (unpaired) electrons. The fraction of sp³-hybridized carbons (Fsp3) is 0.333. The van der Waals surface area contributed by atoms with Gasteiger partial charge in [0.1, 0.15) is 18.0 Å². The maximum Gasteiger partial charge on any atom is 0.140 e. The van der Waals surface area contributed by atoms with Crippen LogP contribution < -0.4 is 16.2 Å². The van der Waals surface area contributed by atoms with Crippen molar-refractivity contribution in [3.8, 4) is 0 Å². The van der Waals surface area contributed by atoms with E-state index in [2.05, 4.69) is 33.1 Å². The van der Waals surface area contributed by atoms with Crippen LogP contribution in [0.15, 0.2) is 24.5 Å². The zero-order chi connectivity index (χ0) is 12.5. The number of halogens is 1. The van der Waals surface area contributed by atoms with Crippen molar-refractivity contribution in [3.05, 3.63) is 30.3 Å². The van der Waals surface area contributed by atoms with Gasteiger partial charge in [-0.3, -0.25) is 10.9 Å². The minimum Gasteiger partial charge on any atom is -0.364 e. The largest absolute Gasteiger partial charge is 0.364 e. The van der Waals surface area contributed by atoms with Crippen molar-refractivity contribution >= 4 is 16.7 Å². The highest BCUT2D eigenvalue weighted by Gasteiger charge is 2.23. The summed E-state index contributed by atoms with van der Waals surface area (Å²) in [5.41, 5.74) is 6.77. The fourth-order valence-corrected chi connectivity index (χ4v) is 2.14. The van der Waals surface area contributed by atoms with Crippen LogP contribution in [0.3, 0.4) is 0 Å². The molecule has 3 N–H and O–H groups in total. The normalized spacial score (nSPS) is 23.4. The van der Waals surface area contributed by atoms with Gasteiger partial charge in [-0.2, -0.15) is 0 Å². The van der Waals surface area contributed by atoms with E-state index < -0.39 is 0 Å². The van der Waals surface area contributed by atoms with Crippen molar-refractivity contribution in [2.45, 2.75) is 19.0 Å². The van der Waals surface area contributed by atoms with Crippen molar-refractivity contribution in [2.24, 2.45) is 0 Å². The summed E-state index contributed by atoms with van der Waals surface area (Å²) in [5.74, 6) is 0.239. The Hall–Kier alpha value is -1.79. The van der Waals surface area contributed by atoms with Gasteiger partial charge in [-0.05, 0) is 19.1 Å². The summed E-state index contributed by atoms with van der Waals surface area (Å²) in [5, 5.41) is 3.70. The van der Waals surface area contributed by atoms with E-state index in [4.69, 9.17) is 0 Å². The molecule has 2 unspecified atom stereocenters. The van der Waals surface area contributed by atoms with Crippen LogP contribution in [0.5, 0.6) is 0 Å². The number of nitrogens with zero attached hydrogens (tertiary/aromatic N) is 2. The smallest absolute Gasteiger partial charge is 0.140 e. The second-order valence-electron chi connectivity index (χ2n) is 4.42. The van der Waals surface area contributed by atoms with Crippen LogP contribution in [-0.2, 0) is 0 Å². The Kier molecular flexibility index (Phi) is 2.81. The molecule has 0 aliphatic carbocycles. The Bertz CT molecular complexity index is 568. The second kappa shape index (κ2) is 4.47. The Balaban J connectivity index is 2.01. The molecule has 2 atom stereocenters. The van der Waals surface area contributed by atoms with Gasteiger partial charge in [0.2, 0.25) is 0 Å². The Morgan fingerprint density at radius 2 is 2.28 bits per heavy atom. The van der Waals surface area contributed by atoms with E-state index in [0.717, 1.165) is 6.54 Å². The average molecular weight is 247 g/mol. The number of rotatable bonds is 2. The molecule has 0 saturated carbocycles. The van der Waals surface area contributed by atoms with E-state index in [1.807, 2.05) is 0 Å². The summed E-state index contributed by atoms with van der Waals surface area (Å²) in [6, 6.07) is 5.27. The van der Waals surface area contributed by atoms with Crippen LogP contribution in [0.25, 0.3) is 10.9 Å². The number of hydrazine groups is 1. The van der Waals surface area contributed by atoms with E-state index in [-0.39, 0.29) is 17.9 Å². The van der Waals surface area contributed by atoms with Crippen molar-refractivity contribution in [2.75, 3.05) is 11.9 Å². The Morgan fingerprint density at radius 3 is 3.06 bits per heavy atom. The van der Waals surface area contributed by atoms with Gasteiger partial charge in [-0.15, -0.1) is 0 Å². The molecular weight excluding hydrogens is 233 g/mol. The third kappa shape index (κ3) is 1.89. The van der Waals surface area contributed by atoms with Crippen molar-refractivity contribution < 1.29 is 4.39 Å². The van der Waals surface area contributed by atoms with Crippen LogP contribution in [0, 0.1) is 5.82 Å². The molecule has 1 aliphatic heterocycles. The van der Waals surface area contributed by atoms with E-state index in [1.54, 1.807) is 12.1 Å². The molecule has 2 aromatic rings. The lowest BCUT2D eigenvalue weighted by Crippen LogP contribution is -2.34. The SMILES string of the molecule is CC1NNCC1Nc1ncnc2cccc(F)c12. The Morgan fingerprint density at radius 1 is 1.39 bits per heavy atom. The minimum absolute atomic E-state index is 0.169. The molecule has 5 nitrogen and oxygen atoms in total. The van der Waals surface area contributed by atoms with Crippen LogP contribution >= 0.6 is 0 Å². The molecule has 1 saturated heterocycles. The first-order valence-corrected chi connectivity index (χ1v) is 5.90.